The van der Waals surface area contributed by atoms with Crippen molar-refractivity contribution in [1.82, 2.24) is 4.57 Å². The van der Waals surface area contributed by atoms with Crippen LogP contribution in [0, 0.1) is 0 Å². The Hall–Kier alpha value is -3.36. The number of rotatable bonds is 7. The van der Waals surface area contributed by atoms with Crippen molar-refractivity contribution >= 4 is 35.0 Å². The highest BCUT2D eigenvalue weighted by atomic mass is 35.5. The molecule has 1 aliphatic heterocycles. The summed E-state index contributed by atoms with van der Waals surface area (Å²) in [6.07, 6.45) is 1.79. The van der Waals surface area contributed by atoms with E-state index in [2.05, 4.69) is 4.99 Å². The van der Waals surface area contributed by atoms with E-state index in [-0.39, 0.29) is 12.2 Å². The van der Waals surface area contributed by atoms with E-state index < -0.39 is 12.0 Å². The number of halogens is 1. The maximum Gasteiger partial charge on any atom is 0.338 e. The molecule has 4 rings (SSSR count). The first-order chi connectivity index (χ1) is 16.9. The van der Waals surface area contributed by atoms with Gasteiger partial charge in [-0.3, -0.25) is 9.36 Å². The number of hydrogen-bond donors (Lipinski definition) is 0. The van der Waals surface area contributed by atoms with Gasteiger partial charge in [-0.25, -0.2) is 9.79 Å². The molecule has 1 aromatic heterocycles. The maximum absolute atomic E-state index is 13.7. The molecule has 1 aliphatic rings. The summed E-state index contributed by atoms with van der Waals surface area (Å²) in [4.78, 5) is 31.7. The minimum Gasteiger partial charge on any atom is -0.493 e. The van der Waals surface area contributed by atoms with Crippen LogP contribution in [-0.4, -0.2) is 30.9 Å². The Morgan fingerprint density at radius 1 is 1.14 bits per heavy atom. The van der Waals surface area contributed by atoms with Crippen molar-refractivity contribution in [2.75, 3.05) is 20.3 Å². The summed E-state index contributed by atoms with van der Waals surface area (Å²) in [5.41, 5.74) is 2.11. The zero-order valence-electron chi connectivity index (χ0n) is 19.8. The number of nitrogens with zero attached hydrogens (tertiary/aromatic N) is 2. The molecule has 0 amide bonds. The molecular weight excluding hydrogens is 488 g/mol. The van der Waals surface area contributed by atoms with Gasteiger partial charge in [0, 0.05) is 5.02 Å². The highest BCUT2D eigenvalue weighted by molar-refractivity contribution is 7.07. The molecule has 9 heteroatoms. The van der Waals surface area contributed by atoms with E-state index in [0.717, 1.165) is 11.1 Å². The number of ether oxygens (including phenoxy) is 3. The first kappa shape index (κ1) is 24.8. The summed E-state index contributed by atoms with van der Waals surface area (Å²) in [7, 11) is 1.58. The fraction of sp³-hybridized carbons (Fsp3) is 0.269. The third-order valence-electron chi connectivity index (χ3n) is 5.49. The standard InChI is InChI=1S/C26H25ClN2O5S/c1-5-33-20-13-16(7-12-19(20)32-4)14-21-24(30)29-23(17-8-10-18(27)11-9-17)22(25(31)34-6-2)15(3)28-26(29)35-21/h7-14,23H,5-6H2,1-4H3/b21-14-/t23-/m0/s1. The number of allylic oxidation sites excluding steroid dienone is 1. The minimum atomic E-state index is -0.681. The molecule has 0 fully saturated rings. The third-order valence-corrected chi connectivity index (χ3v) is 6.72. The highest BCUT2D eigenvalue weighted by Crippen LogP contribution is 2.31. The zero-order valence-corrected chi connectivity index (χ0v) is 21.4. The normalized spacial score (nSPS) is 15.5. The van der Waals surface area contributed by atoms with Crippen molar-refractivity contribution in [2.45, 2.75) is 26.8 Å². The third kappa shape index (κ3) is 4.90. The molecule has 0 unspecified atom stereocenters. The molecule has 3 aromatic rings. The Morgan fingerprint density at radius 3 is 2.54 bits per heavy atom. The van der Waals surface area contributed by atoms with E-state index in [1.165, 1.54) is 11.3 Å². The Morgan fingerprint density at radius 2 is 1.89 bits per heavy atom. The van der Waals surface area contributed by atoms with Crippen LogP contribution in [0.1, 0.15) is 37.9 Å². The lowest BCUT2D eigenvalue weighted by Gasteiger charge is -2.24. The van der Waals surface area contributed by atoms with Crippen molar-refractivity contribution in [3.63, 3.8) is 0 Å². The zero-order chi connectivity index (χ0) is 25.1. The molecule has 35 heavy (non-hydrogen) atoms. The quantitative estimate of drug-likeness (QED) is 0.449. The number of aromatic nitrogens is 1. The van der Waals surface area contributed by atoms with Crippen LogP contribution < -0.4 is 24.4 Å². The number of fused-ring (bicyclic) bond motifs is 1. The number of carbonyl (C=O) groups is 1. The highest BCUT2D eigenvalue weighted by Gasteiger charge is 2.33. The lowest BCUT2D eigenvalue weighted by molar-refractivity contribution is -0.139. The fourth-order valence-corrected chi connectivity index (χ4v) is 5.13. The van der Waals surface area contributed by atoms with E-state index in [1.807, 2.05) is 19.1 Å². The molecule has 182 valence electrons. The maximum atomic E-state index is 13.7. The van der Waals surface area contributed by atoms with E-state index >= 15 is 0 Å². The number of benzene rings is 2. The molecule has 0 radical (unpaired) electrons. The minimum absolute atomic E-state index is 0.215. The van der Waals surface area contributed by atoms with E-state index in [9.17, 15) is 9.59 Å². The summed E-state index contributed by atoms with van der Waals surface area (Å²) in [5.74, 6) is 0.707. The van der Waals surface area contributed by atoms with Gasteiger partial charge in [-0.05, 0) is 62.2 Å². The van der Waals surface area contributed by atoms with Crippen LogP contribution in [0.15, 0.2) is 63.5 Å². The lowest BCUT2D eigenvalue weighted by atomic mass is 9.96. The summed E-state index contributed by atoms with van der Waals surface area (Å²) in [5, 5.41) is 0.559. The SMILES string of the molecule is CCOC(=O)C1=C(C)N=c2s/c(=C\c3ccc(OC)c(OCC)c3)c(=O)n2[C@H]1c1ccc(Cl)cc1. The van der Waals surface area contributed by atoms with E-state index in [1.54, 1.807) is 61.9 Å². The van der Waals surface area contributed by atoms with Crippen LogP contribution in [0.4, 0.5) is 0 Å². The topological polar surface area (TPSA) is 79.1 Å². The molecular formula is C26H25ClN2O5S. The number of carbonyl (C=O) groups excluding carboxylic acids is 1. The second kappa shape index (κ2) is 10.5. The van der Waals surface area contributed by atoms with Gasteiger partial charge in [0.1, 0.15) is 0 Å². The first-order valence-corrected chi connectivity index (χ1v) is 12.3. The van der Waals surface area contributed by atoms with Crippen LogP contribution in [0.5, 0.6) is 11.5 Å². The Balaban J connectivity index is 1.91. The summed E-state index contributed by atoms with van der Waals surface area (Å²) >= 11 is 7.36. The molecule has 0 saturated carbocycles. The number of thiazole rings is 1. The van der Waals surface area contributed by atoms with E-state index in [0.29, 0.717) is 43.7 Å². The second-order valence-electron chi connectivity index (χ2n) is 7.70. The predicted octanol–water partition coefficient (Wildman–Crippen LogP) is 3.86. The van der Waals surface area contributed by atoms with Gasteiger partial charge in [0.2, 0.25) is 0 Å². The van der Waals surface area contributed by atoms with Crippen LogP contribution in [-0.2, 0) is 9.53 Å². The Labute approximate surface area is 211 Å². The van der Waals surface area contributed by atoms with Crippen molar-refractivity contribution in [2.24, 2.45) is 4.99 Å². The number of hydrogen-bond acceptors (Lipinski definition) is 7. The van der Waals surface area contributed by atoms with Gasteiger partial charge in [0.25, 0.3) is 5.56 Å². The molecule has 2 heterocycles. The average molecular weight is 513 g/mol. The molecule has 0 saturated heterocycles. The van der Waals surface area contributed by atoms with Gasteiger partial charge in [0.15, 0.2) is 16.3 Å². The van der Waals surface area contributed by atoms with Crippen molar-refractivity contribution in [3.05, 3.63) is 89.6 Å². The van der Waals surface area contributed by atoms with Gasteiger partial charge in [-0.15, -0.1) is 0 Å². The molecule has 0 N–H and O–H groups in total. The van der Waals surface area contributed by atoms with Crippen molar-refractivity contribution < 1.29 is 19.0 Å². The number of esters is 1. The van der Waals surface area contributed by atoms with Gasteiger partial charge >= 0.3 is 5.97 Å². The predicted molar refractivity (Wildman–Crippen MR) is 136 cm³/mol. The Bertz CT molecular complexity index is 1470. The monoisotopic (exact) mass is 512 g/mol. The molecule has 7 nitrogen and oxygen atoms in total. The smallest absolute Gasteiger partial charge is 0.338 e. The summed E-state index contributed by atoms with van der Waals surface area (Å²) in [6.45, 7) is 6.09. The van der Waals surface area contributed by atoms with Gasteiger partial charge in [-0.2, -0.15) is 0 Å². The Kier molecular flexibility index (Phi) is 7.42. The average Bonchev–Trinajstić information content (AvgIpc) is 3.13. The largest absolute Gasteiger partial charge is 0.493 e. The van der Waals surface area contributed by atoms with Crippen LogP contribution in [0.25, 0.3) is 6.08 Å². The molecule has 1 atom stereocenters. The summed E-state index contributed by atoms with van der Waals surface area (Å²) in [6, 6.07) is 11.9. The van der Waals surface area contributed by atoms with Gasteiger partial charge in [-0.1, -0.05) is 41.1 Å². The van der Waals surface area contributed by atoms with Crippen molar-refractivity contribution in [1.29, 1.82) is 0 Å². The molecule has 0 aliphatic carbocycles. The molecule has 0 spiro atoms. The second-order valence-corrected chi connectivity index (χ2v) is 9.14. The van der Waals surface area contributed by atoms with Crippen molar-refractivity contribution in [3.8, 4) is 11.5 Å². The van der Waals surface area contributed by atoms with Gasteiger partial charge in [0.05, 0.1) is 42.2 Å². The molecule has 2 aromatic carbocycles. The van der Waals surface area contributed by atoms with Crippen LogP contribution in [0.3, 0.4) is 0 Å². The fourth-order valence-electron chi connectivity index (χ4n) is 3.95. The summed E-state index contributed by atoms with van der Waals surface area (Å²) < 4.78 is 18.4. The van der Waals surface area contributed by atoms with Crippen LogP contribution in [0.2, 0.25) is 5.02 Å². The first-order valence-electron chi connectivity index (χ1n) is 11.1. The van der Waals surface area contributed by atoms with Gasteiger partial charge < -0.3 is 14.2 Å². The lowest BCUT2D eigenvalue weighted by Crippen LogP contribution is -2.39. The van der Waals surface area contributed by atoms with Crippen LogP contribution >= 0.6 is 22.9 Å². The van der Waals surface area contributed by atoms with E-state index in [4.69, 9.17) is 25.8 Å². The number of methoxy groups -OCH3 is 1. The molecule has 0 bridgehead atoms.